The molecule has 19 heavy (non-hydrogen) atoms. The van der Waals surface area contributed by atoms with Gasteiger partial charge in [-0.3, -0.25) is 9.88 Å². The fourth-order valence-corrected chi connectivity index (χ4v) is 2.14. The number of rotatable bonds is 6. The Bertz CT molecular complexity index is 442. The number of nitrogens with zero attached hydrogens (tertiary/aromatic N) is 2. The second-order valence-corrected chi connectivity index (χ2v) is 5.46. The highest BCUT2D eigenvalue weighted by Gasteiger charge is 2.26. The van der Waals surface area contributed by atoms with Gasteiger partial charge in [-0.05, 0) is 44.7 Å². The van der Waals surface area contributed by atoms with Crippen molar-refractivity contribution in [2.75, 3.05) is 13.7 Å². The van der Waals surface area contributed by atoms with Crippen LogP contribution in [0.15, 0.2) is 18.3 Å². The molecule has 2 rings (SSSR count). The molecule has 1 heterocycles. The van der Waals surface area contributed by atoms with Crippen LogP contribution in [0.1, 0.15) is 42.7 Å². The Morgan fingerprint density at radius 1 is 1.53 bits per heavy atom. The Morgan fingerprint density at radius 2 is 2.26 bits per heavy atom. The van der Waals surface area contributed by atoms with Gasteiger partial charge >= 0.3 is 5.97 Å². The topological polar surface area (TPSA) is 42.4 Å². The number of carbonyl (C=O) groups is 1. The molecule has 0 amide bonds. The number of methoxy groups -OCH3 is 1. The Balaban J connectivity index is 2.13. The minimum absolute atomic E-state index is 0.307. The zero-order valence-corrected chi connectivity index (χ0v) is 11.9. The average Bonchev–Trinajstić information content (AvgIpc) is 3.21. The smallest absolute Gasteiger partial charge is 0.339 e. The number of pyridine rings is 1. The summed E-state index contributed by atoms with van der Waals surface area (Å²) in [6, 6.07) is 4.01. The normalized spacial score (nSPS) is 15.0. The first-order valence-electron chi connectivity index (χ1n) is 6.88. The minimum Gasteiger partial charge on any atom is -0.465 e. The van der Waals surface area contributed by atoms with Crippen molar-refractivity contribution < 1.29 is 9.53 Å². The van der Waals surface area contributed by atoms with Crippen LogP contribution in [-0.2, 0) is 11.3 Å². The summed E-state index contributed by atoms with van der Waals surface area (Å²) < 4.78 is 4.81. The Hall–Kier alpha value is -1.42. The van der Waals surface area contributed by atoms with Crippen LogP contribution in [0, 0.1) is 5.92 Å². The molecule has 0 bridgehead atoms. The van der Waals surface area contributed by atoms with Gasteiger partial charge in [-0.15, -0.1) is 0 Å². The lowest BCUT2D eigenvalue weighted by atomic mass is 10.1. The van der Waals surface area contributed by atoms with Crippen LogP contribution in [0.3, 0.4) is 0 Å². The van der Waals surface area contributed by atoms with Crippen molar-refractivity contribution in [3.8, 4) is 0 Å². The van der Waals surface area contributed by atoms with Gasteiger partial charge in [0.05, 0.1) is 18.4 Å². The molecular weight excluding hydrogens is 240 g/mol. The van der Waals surface area contributed by atoms with E-state index in [0.29, 0.717) is 18.2 Å². The summed E-state index contributed by atoms with van der Waals surface area (Å²) in [4.78, 5) is 18.5. The first-order valence-corrected chi connectivity index (χ1v) is 6.88. The van der Waals surface area contributed by atoms with E-state index in [4.69, 9.17) is 4.74 Å². The maximum absolute atomic E-state index is 11.7. The van der Waals surface area contributed by atoms with Gasteiger partial charge in [0.25, 0.3) is 0 Å². The number of esters is 1. The predicted molar refractivity (Wildman–Crippen MR) is 73.8 cm³/mol. The predicted octanol–water partition coefficient (Wildman–Crippen LogP) is 2.49. The Morgan fingerprint density at radius 3 is 2.84 bits per heavy atom. The second-order valence-electron chi connectivity index (χ2n) is 5.46. The van der Waals surface area contributed by atoms with E-state index in [1.807, 2.05) is 0 Å². The Kier molecular flexibility index (Phi) is 4.53. The van der Waals surface area contributed by atoms with Crippen molar-refractivity contribution in [3.05, 3.63) is 29.6 Å². The molecule has 1 fully saturated rings. The highest BCUT2D eigenvalue weighted by Crippen LogP contribution is 2.30. The molecule has 0 aliphatic heterocycles. The lowest BCUT2D eigenvalue weighted by Gasteiger charge is -2.26. The number of hydrogen-bond donors (Lipinski definition) is 0. The molecule has 1 saturated carbocycles. The summed E-state index contributed by atoms with van der Waals surface area (Å²) >= 11 is 0. The molecule has 4 heteroatoms. The zero-order chi connectivity index (χ0) is 13.8. The monoisotopic (exact) mass is 262 g/mol. The molecule has 104 valence electrons. The van der Waals surface area contributed by atoms with Crippen molar-refractivity contribution in [2.24, 2.45) is 5.92 Å². The third kappa shape index (κ3) is 3.77. The number of carbonyl (C=O) groups excluding carboxylic acids is 1. The second kappa shape index (κ2) is 6.15. The lowest BCUT2D eigenvalue weighted by molar-refractivity contribution is 0.0596. The molecular formula is C15H22N2O2. The van der Waals surface area contributed by atoms with E-state index >= 15 is 0 Å². The first kappa shape index (κ1) is 14.0. The standard InChI is InChI=1S/C15H22N2O2/c1-11(2)17(9-12-6-7-12)10-14-13(15(18)19-3)5-4-8-16-14/h4-5,8,11-12H,6-7,9-10H2,1-3H3. The van der Waals surface area contributed by atoms with E-state index in [2.05, 4.69) is 23.7 Å². The lowest BCUT2D eigenvalue weighted by Crippen LogP contribution is -2.33. The van der Waals surface area contributed by atoms with E-state index < -0.39 is 0 Å². The van der Waals surface area contributed by atoms with Gasteiger partial charge in [-0.1, -0.05) is 0 Å². The molecule has 0 spiro atoms. The van der Waals surface area contributed by atoms with Crippen LogP contribution in [0.25, 0.3) is 0 Å². The molecule has 0 radical (unpaired) electrons. The van der Waals surface area contributed by atoms with Crippen LogP contribution < -0.4 is 0 Å². The summed E-state index contributed by atoms with van der Waals surface area (Å²) in [5, 5.41) is 0. The summed E-state index contributed by atoms with van der Waals surface area (Å²) in [7, 11) is 1.41. The quantitative estimate of drug-likeness (QED) is 0.739. The van der Waals surface area contributed by atoms with E-state index in [1.165, 1.54) is 20.0 Å². The highest BCUT2D eigenvalue weighted by atomic mass is 16.5. The van der Waals surface area contributed by atoms with Gasteiger partial charge in [0, 0.05) is 25.3 Å². The molecule has 1 aromatic heterocycles. The highest BCUT2D eigenvalue weighted by molar-refractivity contribution is 5.90. The van der Waals surface area contributed by atoms with Crippen molar-refractivity contribution in [3.63, 3.8) is 0 Å². The number of ether oxygens (including phenoxy) is 1. The average molecular weight is 262 g/mol. The minimum atomic E-state index is -0.307. The van der Waals surface area contributed by atoms with Crippen molar-refractivity contribution in [1.82, 2.24) is 9.88 Å². The summed E-state index contributed by atoms with van der Waals surface area (Å²) in [5.74, 6) is 0.519. The maximum atomic E-state index is 11.7. The van der Waals surface area contributed by atoms with Crippen molar-refractivity contribution in [1.29, 1.82) is 0 Å². The van der Waals surface area contributed by atoms with Crippen LogP contribution in [0.5, 0.6) is 0 Å². The van der Waals surface area contributed by atoms with Crippen molar-refractivity contribution >= 4 is 5.97 Å². The van der Waals surface area contributed by atoms with Gasteiger partial charge in [0.2, 0.25) is 0 Å². The van der Waals surface area contributed by atoms with Gasteiger partial charge in [0.1, 0.15) is 0 Å². The largest absolute Gasteiger partial charge is 0.465 e. The van der Waals surface area contributed by atoms with Gasteiger partial charge < -0.3 is 4.74 Å². The fourth-order valence-electron chi connectivity index (χ4n) is 2.14. The zero-order valence-electron chi connectivity index (χ0n) is 11.9. The summed E-state index contributed by atoms with van der Waals surface area (Å²) in [6.07, 6.45) is 4.39. The van der Waals surface area contributed by atoms with Crippen LogP contribution in [-0.4, -0.2) is 35.5 Å². The first-order chi connectivity index (χ1) is 9.11. The molecule has 0 aromatic carbocycles. The van der Waals surface area contributed by atoms with E-state index in [-0.39, 0.29) is 5.97 Å². The maximum Gasteiger partial charge on any atom is 0.339 e. The van der Waals surface area contributed by atoms with Crippen LogP contribution in [0.2, 0.25) is 0 Å². The van der Waals surface area contributed by atoms with Crippen LogP contribution >= 0.6 is 0 Å². The molecule has 1 aliphatic rings. The fraction of sp³-hybridized carbons (Fsp3) is 0.600. The Labute approximate surface area is 114 Å². The SMILES string of the molecule is COC(=O)c1cccnc1CN(CC1CC1)C(C)C. The summed E-state index contributed by atoms with van der Waals surface area (Å²) in [6.45, 7) is 6.17. The molecule has 0 N–H and O–H groups in total. The van der Waals surface area contributed by atoms with E-state index in [9.17, 15) is 4.79 Å². The molecule has 4 nitrogen and oxygen atoms in total. The number of aromatic nitrogens is 1. The summed E-state index contributed by atoms with van der Waals surface area (Å²) in [5.41, 5.74) is 1.38. The van der Waals surface area contributed by atoms with Crippen molar-refractivity contribution in [2.45, 2.75) is 39.3 Å². The molecule has 0 unspecified atom stereocenters. The molecule has 1 aliphatic carbocycles. The molecule has 0 atom stereocenters. The number of hydrogen-bond acceptors (Lipinski definition) is 4. The van der Waals surface area contributed by atoms with Gasteiger partial charge in [-0.2, -0.15) is 0 Å². The third-order valence-electron chi connectivity index (χ3n) is 3.57. The van der Waals surface area contributed by atoms with Crippen LogP contribution in [0.4, 0.5) is 0 Å². The van der Waals surface area contributed by atoms with Gasteiger partial charge in [-0.25, -0.2) is 4.79 Å². The van der Waals surface area contributed by atoms with E-state index in [0.717, 1.165) is 18.2 Å². The van der Waals surface area contributed by atoms with E-state index in [1.54, 1.807) is 18.3 Å². The molecule has 1 aromatic rings. The van der Waals surface area contributed by atoms with Gasteiger partial charge in [0.15, 0.2) is 0 Å². The third-order valence-corrected chi connectivity index (χ3v) is 3.57. The molecule has 0 saturated heterocycles.